The Hall–Kier alpha value is -0.710. The Morgan fingerprint density at radius 2 is 2.00 bits per heavy atom. The van der Waals surface area contributed by atoms with E-state index in [0.29, 0.717) is 0 Å². The van der Waals surface area contributed by atoms with Gasteiger partial charge in [0.05, 0.1) is 11.0 Å². The van der Waals surface area contributed by atoms with Gasteiger partial charge in [0.1, 0.15) is 0 Å². The maximum atomic E-state index is 11.6. The topological polar surface area (TPSA) is 66.4 Å². The first kappa shape index (κ1) is 14.3. The Labute approximate surface area is 94.8 Å². The Balaban J connectivity index is 4.04. The van der Waals surface area contributed by atoms with E-state index in [1.807, 2.05) is 20.8 Å². The van der Waals surface area contributed by atoms with Crippen LogP contribution in [0.15, 0.2) is 0 Å². The maximum absolute atomic E-state index is 11.6. The molecule has 5 heteroatoms. The highest BCUT2D eigenvalue weighted by Gasteiger charge is 2.22. The third-order valence-corrected chi connectivity index (χ3v) is 3.30. The molecule has 0 bridgehead atoms. The van der Waals surface area contributed by atoms with Gasteiger partial charge < -0.3 is 10.4 Å². The Morgan fingerprint density at radius 1 is 1.47 bits per heavy atom. The molecule has 0 saturated heterocycles. The van der Waals surface area contributed by atoms with E-state index in [4.69, 9.17) is 5.11 Å². The fourth-order valence-corrected chi connectivity index (χ4v) is 1.40. The van der Waals surface area contributed by atoms with E-state index in [1.54, 1.807) is 6.92 Å². The zero-order valence-corrected chi connectivity index (χ0v) is 10.5. The number of rotatable bonds is 6. The highest BCUT2D eigenvalue weighted by molar-refractivity contribution is 8.01. The lowest BCUT2D eigenvalue weighted by Crippen LogP contribution is -2.46. The van der Waals surface area contributed by atoms with Gasteiger partial charge in [0.15, 0.2) is 0 Å². The normalized spacial score (nSPS) is 13.3. The van der Waals surface area contributed by atoms with Crippen LogP contribution in [0, 0.1) is 0 Å². The van der Waals surface area contributed by atoms with Crippen molar-refractivity contribution >= 4 is 23.6 Å². The summed E-state index contributed by atoms with van der Waals surface area (Å²) in [6, 6.07) is 0. The smallest absolute Gasteiger partial charge is 0.313 e. The number of hydrogen-bond acceptors (Lipinski definition) is 3. The molecule has 0 aliphatic heterocycles. The van der Waals surface area contributed by atoms with Crippen LogP contribution >= 0.6 is 11.8 Å². The average molecular weight is 233 g/mol. The van der Waals surface area contributed by atoms with Crippen molar-refractivity contribution in [3.63, 3.8) is 0 Å². The molecule has 1 unspecified atom stereocenters. The number of thioether (sulfide) groups is 1. The van der Waals surface area contributed by atoms with Gasteiger partial charge in [0, 0.05) is 5.54 Å². The minimum atomic E-state index is -0.894. The lowest BCUT2D eigenvalue weighted by atomic mass is 10.0. The van der Waals surface area contributed by atoms with Crippen LogP contribution in [0.4, 0.5) is 0 Å². The van der Waals surface area contributed by atoms with Crippen molar-refractivity contribution in [1.82, 2.24) is 5.32 Å². The maximum Gasteiger partial charge on any atom is 0.313 e. The summed E-state index contributed by atoms with van der Waals surface area (Å²) in [7, 11) is 0. The van der Waals surface area contributed by atoms with Gasteiger partial charge >= 0.3 is 5.97 Å². The van der Waals surface area contributed by atoms with Gasteiger partial charge in [-0.3, -0.25) is 9.59 Å². The molecule has 4 nitrogen and oxygen atoms in total. The molecule has 0 spiro atoms. The molecule has 0 heterocycles. The molecular formula is C10H19NO3S. The number of nitrogens with one attached hydrogen (secondary N) is 1. The van der Waals surface area contributed by atoms with Gasteiger partial charge in [-0.1, -0.05) is 6.92 Å². The zero-order valence-electron chi connectivity index (χ0n) is 9.66. The summed E-state index contributed by atoms with van der Waals surface area (Å²) < 4.78 is 0. The van der Waals surface area contributed by atoms with Gasteiger partial charge in [-0.05, 0) is 27.2 Å². The summed E-state index contributed by atoms with van der Waals surface area (Å²) in [5, 5.41) is 11.0. The number of aliphatic carboxylic acids is 1. The molecule has 0 aromatic rings. The van der Waals surface area contributed by atoms with Crippen LogP contribution < -0.4 is 5.32 Å². The molecule has 88 valence electrons. The minimum absolute atomic E-state index is 0.0405. The molecule has 0 aromatic carbocycles. The second-order valence-corrected chi connectivity index (χ2v) is 5.40. The van der Waals surface area contributed by atoms with Gasteiger partial charge in [-0.2, -0.15) is 0 Å². The first-order valence-electron chi connectivity index (χ1n) is 4.94. The van der Waals surface area contributed by atoms with Crippen molar-refractivity contribution in [3.05, 3.63) is 0 Å². The van der Waals surface area contributed by atoms with Crippen molar-refractivity contribution < 1.29 is 14.7 Å². The van der Waals surface area contributed by atoms with Crippen LogP contribution in [-0.4, -0.2) is 33.5 Å². The van der Waals surface area contributed by atoms with Gasteiger partial charge in [0.2, 0.25) is 5.91 Å². The van der Waals surface area contributed by atoms with Crippen molar-refractivity contribution in [2.75, 3.05) is 5.75 Å². The number of carboxylic acids is 1. The van der Waals surface area contributed by atoms with Crippen molar-refractivity contribution in [1.29, 1.82) is 0 Å². The quantitative estimate of drug-likeness (QED) is 0.729. The summed E-state index contributed by atoms with van der Waals surface area (Å²) in [5.74, 6) is -1.04. The molecule has 0 saturated carbocycles. The summed E-state index contributed by atoms with van der Waals surface area (Å²) in [5.41, 5.74) is -0.227. The van der Waals surface area contributed by atoms with E-state index in [0.717, 1.165) is 18.2 Å². The second-order valence-electron chi connectivity index (χ2n) is 4.07. The molecule has 1 amide bonds. The Kier molecular flexibility index (Phi) is 5.72. The van der Waals surface area contributed by atoms with E-state index in [-0.39, 0.29) is 22.4 Å². The Bertz CT molecular complexity index is 241. The van der Waals surface area contributed by atoms with Crippen LogP contribution in [0.2, 0.25) is 0 Å². The van der Waals surface area contributed by atoms with Gasteiger partial charge in [-0.15, -0.1) is 11.8 Å². The lowest BCUT2D eigenvalue weighted by molar-refractivity contribution is -0.133. The first-order valence-corrected chi connectivity index (χ1v) is 5.99. The number of carbonyl (C=O) groups excluding carboxylic acids is 1. The van der Waals surface area contributed by atoms with E-state index in [2.05, 4.69) is 5.32 Å². The highest BCUT2D eigenvalue weighted by Crippen LogP contribution is 2.13. The van der Waals surface area contributed by atoms with Crippen LogP contribution in [0.1, 0.15) is 34.1 Å². The first-order chi connectivity index (χ1) is 6.78. The fourth-order valence-electron chi connectivity index (χ4n) is 0.796. The molecule has 0 fully saturated rings. The van der Waals surface area contributed by atoms with E-state index >= 15 is 0 Å². The molecule has 0 aromatic heterocycles. The second kappa shape index (κ2) is 6.00. The van der Waals surface area contributed by atoms with E-state index in [9.17, 15) is 9.59 Å². The summed E-state index contributed by atoms with van der Waals surface area (Å²) in [4.78, 5) is 21.9. The number of carboxylic acid groups (broad SMARTS) is 1. The SMILES string of the molecule is CCC(C)(C)NC(=O)C(C)SCC(=O)O. The molecule has 2 N–H and O–H groups in total. The minimum Gasteiger partial charge on any atom is -0.481 e. The van der Waals surface area contributed by atoms with Crippen LogP contribution in [0.3, 0.4) is 0 Å². The predicted octanol–water partition coefficient (Wildman–Crippen LogP) is 1.50. The molecule has 0 aliphatic rings. The van der Waals surface area contributed by atoms with E-state index < -0.39 is 5.97 Å². The summed E-state index contributed by atoms with van der Waals surface area (Å²) >= 11 is 1.13. The lowest BCUT2D eigenvalue weighted by Gasteiger charge is -2.26. The monoisotopic (exact) mass is 233 g/mol. The number of amides is 1. The average Bonchev–Trinajstić information content (AvgIpc) is 2.13. The molecule has 0 rings (SSSR count). The largest absolute Gasteiger partial charge is 0.481 e. The number of hydrogen-bond donors (Lipinski definition) is 2. The van der Waals surface area contributed by atoms with Gasteiger partial charge in [-0.25, -0.2) is 0 Å². The van der Waals surface area contributed by atoms with Crippen molar-refractivity contribution in [3.8, 4) is 0 Å². The zero-order chi connectivity index (χ0) is 12.1. The van der Waals surface area contributed by atoms with Crippen LogP contribution in [0.25, 0.3) is 0 Å². The van der Waals surface area contributed by atoms with Gasteiger partial charge in [0.25, 0.3) is 0 Å². The van der Waals surface area contributed by atoms with Crippen molar-refractivity contribution in [2.24, 2.45) is 0 Å². The molecule has 1 atom stereocenters. The molecule has 0 radical (unpaired) electrons. The molecule has 0 aliphatic carbocycles. The summed E-state index contributed by atoms with van der Waals surface area (Å²) in [6.07, 6.45) is 0.842. The molecule has 15 heavy (non-hydrogen) atoms. The third-order valence-electron chi connectivity index (χ3n) is 2.17. The Morgan fingerprint density at radius 3 is 2.40 bits per heavy atom. The highest BCUT2D eigenvalue weighted by atomic mass is 32.2. The van der Waals surface area contributed by atoms with Crippen LogP contribution in [-0.2, 0) is 9.59 Å². The standard InChI is InChI=1S/C10H19NO3S/c1-5-10(3,4)11-9(14)7(2)15-6-8(12)13/h7H,5-6H2,1-4H3,(H,11,14)(H,12,13). The third kappa shape index (κ3) is 6.38. The fraction of sp³-hybridized carbons (Fsp3) is 0.800. The van der Waals surface area contributed by atoms with E-state index in [1.165, 1.54) is 0 Å². The van der Waals surface area contributed by atoms with Crippen LogP contribution in [0.5, 0.6) is 0 Å². The predicted molar refractivity (Wildman–Crippen MR) is 62.1 cm³/mol. The molecular weight excluding hydrogens is 214 g/mol. The van der Waals surface area contributed by atoms with Crippen molar-refractivity contribution in [2.45, 2.75) is 44.9 Å². The summed E-state index contributed by atoms with van der Waals surface area (Å²) in [6.45, 7) is 7.60. The number of carbonyl (C=O) groups is 2.